The average molecular weight is 436 g/mol. The summed E-state index contributed by atoms with van der Waals surface area (Å²) in [6.07, 6.45) is 9.90. The summed E-state index contributed by atoms with van der Waals surface area (Å²) in [5.41, 5.74) is 11.8. The third-order valence-electron chi connectivity index (χ3n) is 7.13. The summed E-state index contributed by atoms with van der Waals surface area (Å²) in [5.74, 6) is 0.676. The fraction of sp³-hybridized carbons (Fsp3) is 0.583. The van der Waals surface area contributed by atoms with Gasteiger partial charge in [-0.2, -0.15) is 10.2 Å². The molecule has 2 fully saturated rings. The minimum atomic E-state index is -0.0449. The summed E-state index contributed by atoms with van der Waals surface area (Å²) in [4.78, 5) is 20.5. The number of piperidine rings is 1. The Morgan fingerprint density at radius 1 is 1.25 bits per heavy atom. The van der Waals surface area contributed by atoms with Gasteiger partial charge in [0.25, 0.3) is 5.91 Å². The van der Waals surface area contributed by atoms with Crippen LogP contribution in [0, 0.1) is 6.92 Å². The van der Waals surface area contributed by atoms with Crippen LogP contribution >= 0.6 is 0 Å². The third-order valence-corrected chi connectivity index (χ3v) is 7.13. The maximum Gasteiger partial charge on any atom is 0.257 e. The maximum atomic E-state index is 13.5. The van der Waals surface area contributed by atoms with E-state index in [0.29, 0.717) is 11.5 Å². The van der Waals surface area contributed by atoms with E-state index in [4.69, 9.17) is 15.8 Å². The highest BCUT2D eigenvalue weighted by atomic mass is 16.2. The molecule has 0 radical (unpaired) electrons. The van der Waals surface area contributed by atoms with Gasteiger partial charge in [-0.1, -0.05) is 13.8 Å². The van der Waals surface area contributed by atoms with Crippen molar-refractivity contribution in [2.24, 2.45) is 5.73 Å². The monoisotopic (exact) mass is 435 g/mol. The van der Waals surface area contributed by atoms with Crippen molar-refractivity contribution in [1.29, 1.82) is 0 Å². The number of carbonyl (C=O) groups is 1. The molecule has 3 N–H and O–H groups in total. The first-order chi connectivity index (χ1) is 15.4. The predicted molar refractivity (Wildman–Crippen MR) is 123 cm³/mol. The zero-order valence-electron chi connectivity index (χ0n) is 19.2. The van der Waals surface area contributed by atoms with Crippen LogP contribution in [0.25, 0.3) is 5.65 Å². The Bertz CT molecular complexity index is 1130. The number of carbonyl (C=O) groups excluding carboxylic acids is 1. The minimum absolute atomic E-state index is 0.0361. The molecule has 1 aliphatic heterocycles. The van der Waals surface area contributed by atoms with Gasteiger partial charge in [-0.05, 0) is 56.9 Å². The lowest BCUT2D eigenvalue weighted by molar-refractivity contribution is 0.0604. The van der Waals surface area contributed by atoms with Crippen molar-refractivity contribution in [2.75, 3.05) is 6.54 Å². The molecule has 1 amide bonds. The molecule has 3 aromatic heterocycles. The van der Waals surface area contributed by atoms with Crippen LogP contribution in [0.3, 0.4) is 0 Å². The zero-order chi connectivity index (χ0) is 22.4. The minimum Gasteiger partial charge on any atom is -0.330 e. The average Bonchev–Trinajstić information content (AvgIpc) is 3.51. The van der Waals surface area contributed by atoms with Gasteiger partial charge in [-0.3, -0.25) is 9.89 Å². The second kappa shape index (κ2) is 8.31. The number of likely N-dealkylation sites (tertiary alicyclic amines) is 1. The first-order valence-electron chi connectivity index (χ1n) is 11.9. The van der Waals surface area contributed by atoms with Crippen LogP contribution in [0.1, 0.15) is 103 Å². The van der Waals surface area contributed by atoms with Crippen LogP contribution in [0.4, 0.5) is 0 Å². The van der Waals surface area contributed by atoms with Gasteiger partial charge in [0.2, 0.25) is 0 Å². The van der Waals surface area contributed by atoms with Gasteiger partial charge in [0.15, 0.2) is 5.65 Å². The zero-order valence-corrected chi connectivity index (χ0v) is 19.2. The number of hydrogen-bond donors (Lipinski definition) is 2. The molecule has 8 heteroatoms. The van der Waals surface area contributed by atoms with E-state index in [0.717, 1.165) is 73.4 Å². The number of aryl methyl sites for hydroxylation is 1. The van der Waals surface area contributed by atoms with E-state index >= 15 is 0 Å². The molecular formula is C24H33N7O. The van der Waals surface area contributed by atoms with Crippen molar-refractivity contribution >= 4 is 11.6 Å². The fourth-order valence-electron chi connectivity index (χ4n) is 5.43. The Hall–Kier alpha value is -2.74. The number of nitrogens with zero attached hydrogens (tertiary/aromatic N) is 5. The molecule has 0 bridgehead atoms. The molecule has 4 heterocycles. The normalized spacial score (nSPS) is 24.0. The SMILES string of the molecule is Cc1cn2nc([C@@H]3CCCCN3C(=O)c3cn[nH]c3C(C)C)cc2nc1C1CC[C@H](N)C1. The van der Waals surface area contributed by atoms with Gasteiger partial charge >= 0.3 is 0 Å². The summed E-state index contributed by atoms with van der Waals surface area (Å²) in [6, 6.07) is 2.29. The van der Waals surface area contributed by atoms with Gasteiger partial charge in [-0.15, -0.1) is 0 Å². The summed E-state index contributed by atoms with van der Waals surface area (Å²) >= 11 is 0. The molecule has 32 heavy (non-hydrogen) atoms. The number of aromatic amines is 1. The number of nitrogens with one attached hydrogen (secondary N) is 1. The third kappa shape index (κ3) is 3.70. The molecule has 3 atom stereocenters. The topological polar surface area (TPSA) is 105 Å². The first kappa shape index (κ1) is 21.1. The predicted octanol–water partition coefficient (Wildman–Crippen LogP) is 3.85. The summed E-state index contributed by atoms with van der Waals surface area (Å²) in [7, 11) is 0. The Morgan fingerprint density at radius 2 is 2.09 bits per heavy atom. The molecule has 170 valence electrons. The number of H-pyrrole nitrogens is 1. The molecule has 1 saturated heterocycles. The Balaban J connectivity index is 1.47. The quantitative estimate of drug-likeness (QED) is 0.648. The summed E-state index contributed by atoms with van der Waals surface area (Å²) in [5, 5.41) is 12.0. The summed E-state index contributed by atoms with van der Waals surface area (Å²) < 4.78 is 1.87. The lowest BCUT2D eigenvalue weighted by Gasteiger charge is -2.34. The second-order valence-corrected chi connectivity index (χ2v) is 9.81. The van der Waals surface area contributed by atoms with Crippen molar-refractivity contribution < 1.29 is 4.79 Å². The maximum absolute atomic E-state index is 13.5. The highest BCUT2D eigenvalue weighted by Crippen LogP contribution is 2.36. The van der Waals surface area contributed by atoms with Crippen LogP contribution in [0.15, 0.2) is 18.5 Å². The van der Waals surface area contributed by atoms with Crippen LogP contribution in [-0.2, 0) is 0 Å². The molecule has 2 aliphatic rings. The number of amides is 1. The van der Waals surface area contributed by atoms with Crippen molar-refractivity contribution in [3.8, 4) is 0 Å². The van der Waals surface area contributed by atoms with Gasteiger partial charge in [0, 0.05) is 30.8 Å². The smallest absolute Gasteiger partial charge is 0.257 e. The van der Waals surface area contributed by atoms with Gasteiger partial charge in [-0.25, -0.2) is 9.50 Å². The van der Waals surface area contributed by atoms with Gasteiger partial charge in [0.05, 0.1) is 34.9 Å². The van der Waals surface area contributed by atoms with Gasteiger partial charge < -0.3 is 10.6 Å². The van der Waals surface area contributed by atoms with E-state index in [1.807, 2.05) is 9.42 Å². The number of nitrogens with two attached hydrogens (primary N) is 1. The van der Waals surface area contributed by atoms with Crippen molar-refractivity contribution in [1.82, 2.24) is 29.7 Å². The van der Waals surface area contributed by atoms with Crippen LogP contribution in [0.2, 0.25) is 0 Å². The van der Waals surface area contributed by atoms with E-state index in [2.05, 4.69) is 43.2 Å². The Morgan fingerprint density at radius 3 is 2.84 bits per heavy atom. The summed E-state index contributed by atoms with van der Waals surface area (Å²) in [6.45, 7) is 6.99. The van der Waals surface area contributed by atoms with Gasteiger partial charge in [0.1, 0.15) is 0 Å². The van der Waals surface area contributed by atoms with Crippen molar-refractivity contribution in [2.45, 2.75) is 83.2 Å². The fourth-order valence-corrected chi connectivity index (χ4v) is 5.43. The number of hydrogen-bond acceptors (Lipinski definition) is 5. The van der Waals surface area contributed by atoms with E-state index < -0.39 is 0 Å². The number of aromatic nitrogens is 5. The number of fused-ring (bicyclic) bond motifs is 1. The van der Waals surface area contributed by atoms with E-state index in [9.17, 15) is 4.79 Å². The largest absolute Gasteiger partial charge is 0.330 e. The molecular weight excluding hydrogens is 402 g/mol. The van der Waals surface area contributed by atoms with Crippen LogP contribution in [0.5, 0.6) is 0 Å². The molecule has 1 unspecified atom stereocenters. The Labute approximate surface area is 188 Å². The van der Waals surface area contributed by atoms with E-state index in [-0.39, 0.29) is 23.9 Å². The highest BCUT2D eigenvalue weighted by molar-refractivity contribution is 5.95. The first-order valence-corrected chi connectivity index (χ1v) is 11.9. The second-order valence-electron chi connectivity index (χ2n) is 9.81. The number of rotatable bonds is 4. The molecule has 0 aromatic carbocycles. The lowest BCUT2D eigenvalue weighted by Crippen LogP contribution is -2.39. The lowest BCUT2D eigenvalue weighted by atomic mass is 9.97. The molecule has 1 aliphatic carbocycles. The van der Waals surface area contributed by atoms with E-state index in [1.165, 1.54) is 0 Å². The molecule has 1 saturated carbocycles. The standard InChI is InChI=1S/C24H33N7O/c1-14(2)22-18(12-26-28-22)24(32)30-9-5-4-6-20(30)19-11-21-27-23(15(3)13-31(21)29-19)16-7-8-17(25)10-16/h11-14,16-17,20H,4-10,25H2,1-3H3,(H,26,28)/t16?,17-,20-/m0/s1. The highest BCUT2D eigenvalue weighted by Gasteiger charge is 2.33. The molecule has 0 spiro atoms. The molecule has 8 nitrogen and oxygen atoms in total. The Kier molecular flexibility index (Phi) is 5.49. The van der Waals surface area contributed by atoms with Crippen LogP contribution < -0.4 is 5.73 Å². The molecule has 3 aromatic rings. The van der Waals surface area contributed by atoms with E-state index in [1.54, 1.807) is 6.20 Å². The van der Waals surface area contributed by atoms with Crippen molar-refractivity contribution in [3.63, 3.8) is 0 Å². The van der Waals surface area contributed by atoms with Crippen LogP contribution in [-0.4, -0.2) is 48.2 Å². The van der Waals surface area contributed by atoms with Crippen molar-refractivity contribution in [3.05, 3.63) is 46.7 Å². The molecule has 5 rings (SSSR count).